The minimum Gasteiger partial charge on any atom is -0.497 e. The predicted molar refractivity (Wildman–Crippen MR) is 98.7 cm³/mol. The number of aromatic nitrogens is 2. The quantitative estimate of drug-likeness (QED) is 0.739. The van der Waals surface area contributed by atoms with Gasteiger partial charge in [0.1, 0.15) is 11.5 Å². The second-order valence-corrected chi connectivity index (χ2v) is 5.50. The van der Waals surface area contributed by atoms with Gasteiger partial charge in [0.2, 0.25) is 0 Å². The molecule has 3 N–H and O–H groups in total. The van der Waals surface area contributed by atoms with Crippen LogP contribution in [0.15, 0.2) is 60.9 Å². The van der Waals surface area contributed by atoms with Gasteiger partial charge in [-0.2, -0.15) is 0 Å². The van der Waals surface area contributed by atoms with E-state index < -0.39 is 0 Å². The van der Waals surface area contributed by atoms with Crippen molar-refractivity contribution in [3.05, 3.63) is 83.4 Å². The van der Waals surface area contributed by atoms with E-state index >= 15 is 0 Å². The van der Waals surface area contributed by atoms with E-state index in [1.807, 2.05) is 24.3 Å². The molecule has 25 heavy (non-hydrogen) atoms. The van der Waals surface area contributed by atoms with Crippen molar-refractivity contribution < 1.29 is 9.47 Å². The van der Waals surface area contributed by atoms with E-state index in [0.717, 1.165) is 35.7 Å². The molecule has 1 aromatic heterocycles. The Balaban J connectivity index is 0.00000225. The van der Waals surface area contributed by atoms with Gasteiger partial charge in [0.05, 0.1) is 25.6 Å². The van der Waals surface area contributed by atoms with Crippen molar-refractivity contribution in [2.75, 3.05) is 14.2 Å². The molecular formula is C20H23N3O2. The summed E-state index contributed by atoms with van der Waals surface area (Å²) in [7, 11) is 3.34. The number of rotatable bonds is 6. The zero-order valence-electron chi connectivity index (χ0n) is 14.6. The van der Waals surface area contributed by atoms with Gasteiger partial charge < -0.3 is 15.6 Å². The normalized spacial score (nSPS) is 10.0. The second-order valence-electron chi connectivity index (χ2n) is 5.50. The Morgan fingerprint density at radius 2 is 1.00 bits per heavy atom. The van der Waals surface area contributed by atoms with Gasteiger partial charge in [-0.15, -0.1) is 0 Å². The maximum atomic E-state index is 5.20. The summed E-state index contributed by atoms with van der Waals surface area (Å²) in [6, 6.07) is 16.1. The van der Waals surface area contributed by atoms with Crippen LogP contribution in [-0.4, -0.2) is 24.2 Å². The molecule has 5 nitrogen and oxygen atoms in total. The van der Waals surface area contributed by atoms with Gasteiger partial charge >= 0.3 is 0 Å². The van der Waals surface area contributed by atoms with Crippen LogP contribution in [0, 0.1) is 0 Å². The fourth-order valence-electron chi connectivity index (χ4n) is 2.56. The Morgan fingerprint density at radius 3 is 1.32 bits per heavy atom. The molecule has 0 atom stereocenters. The lowest BCUT2D eigenvalue weighted by molar-refractivity contribution is 0.414. The van der Waals surface area contributed by atoms with Crippen molar-refractivity contribution in [2.45, 2.75) is 12.8 Å². The standard InChI is InChI=1S/C20H20N2O2.H3N/c1-23-17-7-3-15(4-8-17)13-19-20(22-12-11-21-19)14-16-5-9-18(24-2)10-6-16;/h3-12H,13-14H2,1-2H3;1H3. The highest BCUT2D eigenvalue weighted by molar-refractivity contribution is 5.33. The number of benzene rings is 2. The van der Waals surface area contributed by atoms with Crippen LogP contribution in [-0.2, 0) is 12.8 Å². The zero-order chi connectivity index (χ0) is 16.8. The van der Waals surface area contributed by atoms with Crippen molar-refractivity contribution in [1.82, 2.24) is 16.1 Å². The molecular weight excluding hydrogens is 314 g/mol. The molecule has 3 aromatic rings. The van der Waals surface area contributed by atoms with Crippen LogP contribution in [0.4, 0.5) is 0 Å². The number of hydrogen-bond donors (Lipinski definition) is 1. The largest absolute Gasteiger partial charge is 0.497 e. The van der Waals surface area contributed by atoms with Crippen LogP contribution in [0.3, 0.4) is 0 Å². The highest BCUT2D eigenvalue weighted by Crippen LogP contribution is 2.18. The third-order valence-electron chi connectivity index (χ3n) is 3.92. The molecule has 1 heterocycles. The number of nitrogens with zero attached hydrogens (tertiary/aromatic N) is 2. The number of hydrogen-bond acceptors (Lipinski definition) is 5. The monoisotopic (exact) mass is 337 g/mol. The Hall–Kier alpha value is -2.92. The van der Waals surface area contributed by atoms with Gasteiger partial charge in [0, 0.05) is 25.2 Å². The van der Waals surface area contributed by atoms with Crippen LogP contribution < -0.4 is 15.6 Å². The molecule has 0 saturated heterocycles. The summed E-state index contributed by atoms with van der Waals surface area (Å²) in [5, 5.41) is 0. The average Bonchev–Trinajstić information content (AvgIpc) is 2.64. The van der Waals surface area contributed by atoms with Gasteiger partial charge in [0.25, 0.3) is 0 Å². The Bertz CT molecular complexity index is 718. The van der Waals surface area contributed by atoms with Crippen molar-refractivity contribution >= 4 is 0 Å². The minimum atomic E-state index is 0. The first-order valence-corrected chi connectivity index (χ1v) is 7.83. The molecule has 0 bridgehead atoms. The first kappa shape index (κ1) is 18.4. The van der Waals surface area contributed by atoms with Crippen LogP contribution in [0.1, 0.15) is 22.5 Å². The summed E-state index contributed by atoms with van der Waals surface area (Å²) in [5.74, 6) is 1.72. The van der Waals surface area contributed by atoms with Gasteiger partial charge in [-0.25, -0.2) is 0 Å². The van der Waals surface area contributed by atoms with Crippen molar-refractivity contribution in [2.24, 2.45) is 0 Å². The summed E-state index contributed by atoms with van der Waals surface area (Å²) < 4.78 is 10.4. The van der Waals surface area contributed by atoms with Crippen molar-refractivity contribution in [1.29, 1.82) is 0 Å². The van der Waals surface area contributed by atoms with Crippen molar-refractivity contribution in [3.63, 3.8) is 0 Å². The summed E-state index contributed by atoms with van der Waals surface area (Å²) in [5.41, 5.74) is 4.37. The van der Waals surface area contributed by atoms with Crippen LogP contribution in [0.5, 0.6) is 11.5 Å². The Kier molecular flexibility index (Phi) is 6.48. The SMILES string of the molecule is COc1ccc(Cc2nccnc2Cc2ccc(OC)cc2)cc1.N. The maximum Gasteiger partial charge on any atom is 0.118 e. The second kappa shape index (κ2) is 8.80. The average molecular weight is 337 g/mol. The lowest BCUT2D eigenvalue weighted by atomic mass is 10.0. The Morgan fingerprint density at radius 1 is 0.640 bits per heavy atom. The van der Waals surface area contributed by atoms with E-state index in [0.29, 0.717) is 0 Å². The van der Waals surface area contributed by atoms with Gasteiger partial charge in [0.15, 0.2) is 0 Å². The summed E-state index contributed by atoms with van der Waals surface area (Å²) in [4.78, 5) is 9.06. The third kappa shape index (κ3) is 4.78. The first-order valence-electron chi connectivity index (χ1n) is 7.83. The summed E-state index contributed by atoms with van der Waals surface area (Å²) in [6.07, 6.45) is 5.00. The van der Waals surface area contributed by atoms with E-state index in [4.69, 9.17) is 9.47 Å². The van der Waals surface area contributed by atoms with Gasteiger partial charge in [-0.05, 0) is 35.4 Å². The van der Waals surface area contributed by atoms with Crippen LogP contribution in [0.2, 0.25) is 0 Å². The van der Waals surface area contributed by atoms with Crippen LogP contribution in [0.25, 0.3) is 0 Å². The zero-order valence-corrected chi connectivity index (χ0v) is 14.6. The maximum absolute atomic E-state index is 5.20. The van der Waals surface area contributed by atoms with E-state index in [9.17, 15) is 0 Å². The topological polar surface area (TPSA) is 79.2 Å². The number of methoxy groups -OCH3 is 2. The lowest BCUT2D eigenvalue weighted by Crippen LogP contribution is -2.03. The van der Waals surface area contributed by atoms with E-state index in [2.05, 4.69) is 34.2 Å². The molecule has 0 unspecified atom stereocenters. The highest BCUT2D eigenvalue weighted by Gasteiger charge is 2.08. The molecule has 0 aliphatic carbocycles. The lowest BCUT2D eigenvalue weighted by Gasteiger charge is -2.09. The van der Waals surface area contributed by atoms with Crippen LogP contribution >= 0.6 is 0 Å². The highest BCUT2D eigenvalue weighted by atomic mass is 16.5. The minimum absolute atomic E-state index is 0. The fraction of sp³-hybridized carbons (Fsp3) is 0.200. The van der Waals surface area contributed by atoms with E-state index in [1.165, 1.54) is 11.1 Å². The molecule has 0 aliphatic rings. The molecule has 0 saturated carbocycles. The van der Waals surface area contributed by atoms with E-state index in [-0.39, 0.29) is 6.15 Å². The fourth-order valence-corrected chi connectivity index (χ4v) is 2.56. The molecule has 2 aromatic carbocycles. The number of ether oxygens (including phenoxy) is 2. The van der Waals surface area contributed by atoms with E-state index in [1.54, 1.807) is 26.6 Å². The third-order valence-corrected chi connectivity index (χ3v) is 3.92. The van der Waals surface area contributed by atoms with Crippen molar-refractivity contribution in [3.8, 4) is 11.5 Å². The van der Waals surface area contributed by atoms with Gasteiger partial charge in [-0.1, -0.05) is 24.3 Å². The molecule has 0 aliphatic heterocycles. The summed E-state index contributed by atoms with van der Waals surface area (Å²) in [6.45, 7) is 0. The molecule has 130 valence electrons. The molecule has 0 amide bonds. The predicted octanol–water partition coefficient (Wildman–Crippen LogP) is 3.84. The summed E-state index contributed by atoms with van der Waals surface area (Å²) >= 11 is 0. The molecule has 0 fully saturated rings. The molecule has 3 rings (SSSR count). The molecule has 0 radical (unpaired) electrons. The molecule has 5 heteroatoms. The first-order chi connectivity index (χ1) is 11.8. The van der Waals surface area contributed by atoms with Gasteiger partial charge in [-0.3, -0.25) is 9.97 Å². The smallest absolute Gasteiger partial charge is 0.118 e. The molecule has 0 spiro atoms. The Labute approximate surface area is 148 Å².